The monoisotopic (exact) mass is 329 g/mol. The molecule has 0 amide bonds. The van der Waals surface area contributed by atoms with Crippen LogP contribution >= 0.6 is 22.7 Å². The molecule has 108 valence electrons. The van der Waals surface area contributed by atoms with Crippen LogP contribution in [0.4, 0.5) is 0 Å². The summed E-state index contributed by atoms with van der Waals surface area (Å²) in [5.41, 5.74) is 0.849. The molecule has 20 heavy (non-hydrogen) atoms. The summed E-state index contributed by atoms with van der Waals surface area (Å²) in [4.78, 5) is 5.27. The first-order valence-electron chi connectivity index (χ1n) is 6.30. The van der Waals surface area contributed by atoms with Gasteiger partial charge in [0.05, 0.1) is 15.6 Å². The van der Waals surface area contributed by atoms with E-state index in [9.17, 15) is 8.42 Å². The van der Waals surface area contributed by atoms with Crippen molar-refractivity contribution < 1.29 is 8.42 Å². The highest BCUT2D eigenvalue weighted by atomic mass is 32.2. The number of thiophene rings is 1. The first-order chi connectivity index (χ1) is 9.54. The van der Waals surface area contributed by atoms with Gasteiger partial charge < -0.3 is 5.32 Å². The third kappa shape index (κ3) is 2.94. The SMILES string of the molecule is Cc1nc(-c2ccc(S(=O)(=O)NC3CCNC3)s2)cs1. The van der Waals surface area contributed by atoms with Crippen LogP contribution in [0.1, 0.15) is 11.4 Å². The number of aryl methyl sites for hydroxylation is 1. The molecular weight excluding hydrogens is 314 g/mol. The van der Waals surface area contributed by atoms with E-state index in [0.717, 1.165) is 28.5 Å². The second-order valence-corrected chi connectivity index (χ2v) is 8.77. The van der Waals surface area contributed by atoms with E-state index in [-0.39, 0.29) is 6.04 Å². The quantitative estimate of drug-likeness (QED) is 0.897. The minimum atomic E-state index is -3.42. The number of nitrogens with zero attached hydrogens (tertiary/aromatic N) is 1. The fourth-order valence-corrected chi connectivity index (χ4v) is 5.35. The maximum Gasteiger partial charge on any atom is 0.250 e. The lowest BCUT2D eigenvalue weighted by Gasteiger charge is -2.10. The Bertz CT molecular complexity index is 699. The Morgan fingerprint density at radius 3 is 2.95 bits per heavy atom. The predicted octanol–water partition coefficient (Wildman–Crippen LogP) is 1.82. The summed E-state index contributed by atoms with van der Waals surface area (Å²) in [6.07, 6.45) is 0.836. The van der Waals surface area contributed by atoms with Crippen LogP contribution in [0, 0.1) is 6.92 Å². The molecule has 0 spiro atoms. The van der Waals surface area contributed by atoms with Gasteiger partial charge in [0.15, 0.2) is 0 Å². The van der Waals surface area contributed by atoms with Crippen LogP contribution in [0.25, 0.3) is 10.6 Å². The van der Waals surface area contributed by atoms with Crippen molar-refractivity contribution in [2.75, 3.05) is 13.1 Å². The number of sulfonamides is 1. The summed E-state index contributed by atoms with van der Waals surface area (Å²) in [5, 5.41) is 6.08. The van der Waals surface area contributed by atoms with Crippen molar-refractivity contribution in [2.24, 2.45) is 0 Å². The largest absolute Gasteiger partial charge is 0.315 e. The van der Waals surface area contributed by atoms with Crippen LogP contribution in [-0.4, -0.2) is 32.5 Å². The minimum absolute atomic E-state index is 0.00735. The van der Waals surface area contributed by atoms with Gasteiger partial charge in [-0.15, -0.1) is 22.7 Å². The van der Waals surface area contributed by atoms with E-state index in [1.165, 1.54) is 11.3 Å². The Hall–Kier alpha value is -0.800. The van der Waals surface area contributed by atoms with E-state index in [2.05, 4.69) is 15.0 Å². The van der Waals surface area contributed by atoms with Crippen molar-refractivity contribution in [3.8, 4) is 10.6 Å². The van der Waals surface area contributed by atoms with E-state index in [0.29, 0.717) is 10.8 Å². The van der Waals surface area contributed by atoms with Crippen LogP contribution in [0.15, 0.2) is 21.7 Å². The van der Waals surface area contributed by atoms with Crippen LogP contribution in [0.2, 0.25) is 0 Å². The van der Waals surface area contributed by atoms with Crippen LogP contribution in [-0.2, 0) is 10.0 Å². The lowest BCUT2D eigenvalue weighted by molar-refractivity contribution is 0.562. The molecule has 0 aliphatic carbocycles. The molecule has 5 nitrogen and oxygen atoms in total. The Morgan fingerprint density at radius 1 is 1.45 bits per heavy atom. The molecule has 1 fully saturated rings. The molecule has 2 aromatic heterocycles. The van der Waals surface area contributed by atoms with Gasteiger partial charge >= 0.3 is 0 Å². The molecule has 3 heterocycles. The molecule has 8 heteroatoms. The highest BCUT2D eigenvalue weighted by Gasteiger charge is 2.24. The lowest BCUT2D eigenvalue weighted by atomic mass is 10.3. The van der Waals surface area contributed by atoms with Gasteiger partial charge in [-0.1, -0.05) is 0 Å². The average molecular weight is 329 g/mol. The molecule has 3 rings (SSSR count). The number of nitrogens with one attached hydrogen (secondary N) is 2. The maximum absolute atomic E-state index is 12.3. The topological polar surface area (TPSA) is 71.1 Å². The van der Waals surface area contributed by atoms with Crippen LogP contribution in [0.3, 0.4) is 0 Å². The molecular formula is C12H15N3O2S3. The Morgan fingerprint density at radius 2 is 2.30 bits per heavy atom. The summed E-state index contributed by atoms with van der Waals surface area (Å²) in [7, 11) is -3.42. The Balaban J connectivity index is 1.81. The standard InChI is InChI=1S/C12H15N3O2S3/c1-8-14-10(7-18-8)11-2-3-12(19-11)20(16,17)15-9-4-5-13-6-9/h2-3,7,9,13,15H,4-6H2,1H3. The van der Waals surface area contributed by atoms with Crippen LogP contribution in [0.5, 0.6) is 0 Å². The fourth-order valence-electron chi connectivity index (χ4n) is 2.11. The predicted molar refractivity (Wildman–Crippen MR) is 81.8 cm³/mol. The van der Waals surface area contributed by atoms with Crippen molar-refractivity contribution in [1.29, 1.82) is 0 Å². The summed E-state index contributed by atoms with van der Waals surface area (Å²) in [5.74, 6) is 0. The summed E-state index contributed by atoms with van der Waals surface area (Å²) >= 11 is 2.83. The van der Waals surface area contributed by atoms with Gasteiger partial charge in [-0.3, -0.25) is 0 Å². The zero-order valence-corrected chi connectivity index (χ0v) is 13.4. The molecule has 1 saturated heterocycles. The highest BCUT2D eigenvalue weighted by Crippen LogP contribution is 2.31. The first kappa shape index (κ1) is 14.2. The van der Waals surface area contributed by atoms with Gasteiger partial charge in [0.2, 0.25) is 10.0 Å². The van der Waals surface area contributed by atoms with Gasteiger partial charge in [-0.25, -0.2) is 18.1 Å². The third-order valence-corrected chi connectivity index (χ3v) is 6.99. The zero-order valence-electron chi connectivity index (χ0n) is 10.9. The smallest absolute Gasteiger partial charge is 0.250 e. The molecule has 0 aromatic carbocycles. The van der Waals surface area contributed by atoms with E-state index in [1.54, 1.807) is 17.4 Å². The number of rotatable bonds is 4. The lowest BCUT2D eigenvalue weighted by Crippen LogP contribution is -2.35. The number of hydrogen-bond acceptors (Lipinski definition) is 6. The molecule has 1 aliphatic heterocycles. The molecule has 0 radical (unpaired) electrons. The normalized spacial score (nSPS) is 19.6. The van der Waals surface area contributed by atoms with E-state index < -0.39 is 10.0 Å². The van der Waals surface area contributed by atoms with Crippen LogP contribution < -0.4 is 10.0 Å². The van der Waals surface area contributed by atoms with Gasteiger partial charge in [0, 0.05) is 18.0 Å². The summed E-state index contributed by atoms with van der Waals surface area (Å²) in [6, 6.07) is 3.46. The molecule has 0 saturated carbocycles. The summed E-state index contributed by atoms with van der Waals surface area (Å²) in [6.45, 7) is 3.50. The van der Waals surface area contributed by atoms with Crippen molar-refractivity contribution >= 4 is 32.7 Å². The molecule has 1 aliphatic rings. The second-order valence-electron chi connectivity index (χ2n) is 4.68. The van der Waals surface area contributed by atoms with E-state index in [4.69, 9.17) is 0 Å². The first-order valence-corrected chi connectivity index (χ1v) is 9.48. The number of hydrogen-bond donors (Lipinski definition) is 2. The zero-order chi connectivity index (χ0) is 14.2. The van der Waals surface area contributed by atoms with Gasteiger partial charge in [0.25, 0.3) is 0 Å². The summed E-state index contributed by atoms with van der Waals surface area (Å²) < 4.78 is 27.7. The molecule has 2 aromatic rings. The average Bonchev–Trinajstić information content (AvgIpc) is 3.07. The second kappa shape index (κ2) is 5.53. The number of thiazole rings is 1. The molecule has 0 bridgehead atoms. The molecule has 1 unspecified atom stereocenters. The Labute approximate surface area is 126 Å². The van der Waals surface area contributed by atoms with Gasteiger partial charge in [0.1, 0.15) is 4.21 Å². The fraction of sp³-hybridized carbons (Fsp3) is 0.417. The minimum Gasteiger partial charge on any atom is -0.315 e. The molecule has 1 atom stereocenters. The third-order valence-electron chi connectivity index (χ3n) is 3.10. The van der Waals surface area contributed by atoms with Crippen molar-refractivity contribution in [2.45, 2.75) is 23.6 Å². The Kier molecular flexibility index (Phi) is 3.91. The van der Waals surface area contributed by atoms with Crippen molar-refractivity contribution in [1.82, 2.24) is 15.0 Å². The molecule has 2 N–H and O–H groups in total. The highest BCUT2D eigenvalue weighted by molar-refractivity contribution is 7.91. The van der Waals surface area contributed by atoms with Gasteiger partial charge in [-0.2, -0.15) is 0 Å². The maximum atomic E-state index is 12.3. The van der Waals surface area contributed by atoms with Crippen molar-refractivity contribution in [3.05, 3.63) is 22.5 Å². The van der Waals surface area contributed by atoms with E-state index >= 15 is 0 Å². The van der Waals surface area contributed by atoms with E-state index in [1.807, 2.05) is 18.4 Å². The van der Waals surface area contributed by atoms with Gasteiger partial charge in [-0.05, 0) is 32.0 Å². The van der Waals surface area contributed by atoms with Crippen molar-refractivity contribution in [3.63, 3.8) is 0 Å². The number of aromatic nitrogens is 1.